The van der Waals surface area contributed by atoms with Crippen LogP contribution in [0.5, 0.6) is 0 Å². The minimum Gasteiger partial charge on any atom is -0.384 e. The summed E-state index contributed by atoms with van der Waals surface area (Å²) in [6.45, 7) is 1.76. The van der Waals surface area contributed by atoms with Crippen LogP contribution in [0.2, 0.25) is 0 Å². The number of nitrogens with one attached hydrogen (secondary N) is 4. The molecular formula is C10H14N4O. The van der Waals surface area contributed by atoms with Crippen molar-refractivity contribution in [3.05, 3.63) is 28.7 Å². The number of aromatic nitrogens is 2. The molecule has 0 atom stereocenters. The summed E-state index contributed by atoms with van der Waals surface area (Å²) in [4.78, 5) is 16.4. The first-order chi connectivity index (χ1) is 7.29. The van der Waals surface area contributed by atoms with Gasteiger partial charge in [-0.05, 0) is 25.2 Å². The Labute approximate surface area is 86.9 Å². The van der Waals surface area contributed by atoms with Crippen molar-refractivity contribution >= 4 is 16.7 Å². The average Bonchev–Trinajstić information content (AvgIpc) is 2.57. The van der Waals surface area contributed by atoms with E-state index in [1.165, 1.54) is 0 Å². The maximum absolute atomic E-state index is 11.0. The van der Waals surface area contributed by atoms with Crippen molar-refractivity contribution in [1.82, 2.24) is 15.3 Å². The third-order valence-electron chi connectivity index (χ3n) is 2.22. The van der Waals surface area contributed by atoms with E-state index in [1.807, 2.05) is 25.2 Å². The monoisotopic (exact) mass is 206 g/mol. The number of rotatable bonds is 4. The number of benzene rings is 1. The van der Waals surface area contributed by atoms with E-state index in [2.05, 4.69) is 20.6 Å². The molecule has 0 amide bonds. The van der Waals surface area contributed by atoms with Crippen LogP contribution in [-0.2, 0) is 0 Å². The molecule has 0 fully saturated rings. The van der Waals surface area contributed by atoms with Crippen molar-refractivity contribution in [3.8, 4) is 0 Å². The Balaban J connectivity index is 2.19. The number of likely N-dealkylation sites (N-methyl/N-ethyl adjacent to an activating group) is 1. The molecule has 1 aromatic heterocycles. The lowest BCUT2D eigenvalue weighted by molar-refractivity contribution is 0.824. The summed E-state index contributed by atoms with van der Waals surface area (Å²) in [5, 5.41) is 6.30. The molecule has 0 spiro atoms. The first kappa shape index (κ1) is 9.79. The van der Waals surface area contributed by atoms with E-state index in [4.69, 9.17) is 0 Å². The van der Waals surface area contributed by atoms with E-state index in [0.29, 0.717) is 0 Å². The number of aromatic amines is 2. The van der Waals surface area contributed by atoms with Gasteiger partial charge in [-0.25, -0.2) is 4.79 Å². The minimum atomic E-state index is -0.169. The summed E-state index contributed by atoms with van der Waals surface area (Å²) in [7, 11) is 1.91. The molecule has 4 N–H and O–H groups in total. The Morgan fingerprint density at radius 3 is 2.80 bits per heavy atom. The molecule has 1 heterocycles. The van der Waals surface area contributed by atoms with E-state index >= 15 is 0 Å². The van der Waals surface area contributed by atoms with Crippen LogP contribution >= 0.6 is 0 Å². The maximum Gasteiger partial charge on any atom is 0.323 e. The van der Waals surface area contributed by atoms with Crippen LogP contribution < -0.4 is 16.3 Å². The van der Waals surface area contributed by atoms with Crippen LogP contribution in [0, 0.1) is 0 Å². The van der Waals surface area contributed by atoms with Crippen molar-refractivity contribution in [2.75, 3.05) is 25.5 Å². The molecule has 5 heteroatoms. The maximum atomic E-state index is 11.0. The Morgan fingerprint density at radius 2 is 2.00 bits per heavy atom. The van der Waals surface area contributed by atoms with Crippen LogP contribution in [-0.4, -0.2) is 30.1 Å². The zero-order valence-electron chi connectivity index (χ0n) is 8.55. The molecule has 2 aromatic rings. The summed E-state index contributed by atoms with van der Waals surface area (Å²) >= 11 is 0. The summed E-state index contributed by atoms with van der Waals surface area (Å²) in [5.41, 5.74) is 2.50. The van der Waals surface area contributed by atoms with Gasteiger partial charge in [-0.2, -0.15) is 0 Å². The van der Waals surface area contributed by atoms with Crippen LogP contribution in [0.15, 0.2) is 23.0 Å². The standard InChI is InChI=1S/C10H14N4O/c1-11-4-5-12-7-2-3-8-9(6-7)14-10(15)13-8/h2-3,6,11-12H,4-5H2,1H3,(H2,13,14,15). The molecule has 0 bridgehead atoms. The Morgan fingerprint density at radius 1 is 1.20 bits per heavy atom. The molecule has 5 nitrogen and oxygen atoms in total. The summed E-state index contributed by atoms with van der Waals surface area (Å²) in [5.74, 6) is 0. The number of imidazole rings is 1. The van der Waals surface area contributed by atoms with Crippen molar-refractivity contribution in [1.29, 1.82) is 0 Å². The molecule has 0 saturated carbocycles. The molecule has 15 heavy (non-hydrogen) atoms. The predicted octanol–water partition coefficient (Wildman–Crippen LogP) is 0.487. The quantitative estimate of drug-likeness (QED) is 0.550. The SMILES string of the molecule is CNCCNc1ccc2[nH]c(=O)[nH]c2c1. The first-order valence-corrected chi connectivity index (χ1v) is 4.90. The number of anilines is 1. The van der Waals surface area contributed by atoms with Crippen LogP contribution in [0.25, 0.3) is 11.0 Å². The first-order valence-electron chi connectivity index (χ1n) is 4.90. The fourth-order valence-electron chi connectivity index (χ4n) is 1.47. The molecule has 0 aliphatic rings. The smallest absolute Gasteiger partial charge is 0.323 e. The second-order valence-electron chi connectivity index (χ2n) is 3.37. The largest absolute Gasteiger partial charge is 0.384 e. The lowest BCUT2D eigenvalue weighted by Gasteiger charge is -2.05. The van der Waals surface area contributed by atoms with Gasteiger partial charge < -0.3 is 20.6 Å². The number of hydrogen-bond acceptors (Lipinski definition) is 3. The molecule has 80 valence electrons. The molecule has 0 radical (unpaired) electrons. The van der Waals surface area contributed by atoms with Crippen molar-refractivity contribution < 1.29 is 0 Å². The molecule has 0 aliphatic carbocycles. The highest BCUT2D eigenvalue weighted by molar-refractivity contribution is 5.78. The molecule has 0 aliphatic heterocycles. The Kier molecular flexibility index (Phi) is 2.73. The highest BCUT2D eigenvalue weighted by Gasteiger charge is 1.98. The van der Waals surface area contributed by atoms with E-state index in [0.717, 1.165) is 29.8 Å². The highest BCUT2D eigenvalue weighted by Crippen LogP contribution is 2.13. The van der Waals surface area contributed by atoms with Crippen molar-refractivity contribution in [2.45, 2.75) is 0 Å². The number of H-pyrrole nitrogens is 2. The van der Waals surface area contributed by atoms with Crippen LogP contribution in [0.1, 0.15) is 0 Å². The summed E-state index contributed by atoms with van der Waals surface area (Å²) < 4.78 is 0. The van der Waals surface area contributed by atoms with Gasteiger partial charge >= 0.3 is 5.69 Å². The Bertz CT molecular complexity index is 499. The van der Waals surface area contributed by atoms with Gasteiger partial charge in [-0.3, -0.25) is 0 Å². The van der Waals surface area contributed by atoms with E-state index < -0.39 is 0 Å². The van der Waals surface area contributed by atoms with Crippen molar-refractivity contribution in [3.63, 3.8) is 0 Å². The van der Waals surface area contributed by atoms with Crippen LogP contribution in [0.4, 0.5) is 5.69 Å². The van der Waals surface area contributed by atoms with Crippen molar-refractivity contribution in [2.24, 2.45) is 0 Å². The molecular weight excluding hydrogens is 192 g/mol. The number of fused-ring (bicyclic) bond motifs is 1. The third kappa shape index (κ3) is 2.19. The second-order valence-corrected chi connectivity index (χ2v) is 3.37. The minimum absolute atomic E-state index is 0.169. The van der Waals surface area contributed by atoms with Gasteiger partial charge in [-0.1, -0.05) is 0 Å². The average molecular weight is 206 g/mol. The van der Waals surface area contributed by atoms with Gasteiger partial charge in [-0.15, -0.1) is 0 Å². The molecule has 1 aromatic carbocycles. The lowest BCUT2D eigenvalue weighted by atomic mass is 10.3. The molecule has 0 unspecified atom stereocenters. The van der Waals surface area contributed by atoms with Gasteiger partial charge in [0.15, 0.2) is 0 Å². The van der Waals surface area contributed by atoms with Gasteiger partial charge in [0.1, 0.15) is 0 Å². The van der Waals surface area contributed by atoms with Gasteiger partial charge in [0, 0.05) is 18.8 Å². The lowest BCUT2D eigenvalue weighted by Crippen LogP contribution is -2.17. The zero-order chi connectivity index (χ0) is 10.7. The fraction of sp³-hybridized carbons (Fsp3) is 0.300. The normalized spacial score (nSPS) is 10.7. The predicted molar refractivity (Wildman–Crippen MR) is 61.3 cm³/mol. The van der Waals surface area contributed by atoms with Gasteiger partial charge in [0.25, 0.3) is 0 Å². The van der Waals surface area contributed by atoms with Gasteiger partial charge in [0.05, 0.1) is 11.0 Å². The third-order valence-corrected chi connectivity index (χ3v) is 2.22. The van der Waals surface area contributed by atoms with E-state index in [-0.39, 0.29) is 5.69 Å². The van der Waals surface area contributed by atoms with E-state index in [9.17, 15) is 4.79 Å². The molecule has 2 rings (SSSR count). The highest BCUT2D eigenvalue weighted by atomic mass is 16.1. The number of hydrogen-bond donors (Lipinski definition) is 4. The topological polar surface area (TPSA) is 72.7 Å². The van der Waals surface area contributed by atoms with Gasteiger partial charge in [0.2, 0.25) is 0 Å². The second kappa shape index (κ2) is 4.18. The summed E-state index contributed by atoms with van der Waals surface area (Å²) in [6, 6.07) is 5.75. The molecule has 0 saturated heterocycles. The summed E-state index contributed by atoms with van der Waals surface area (Å²) in [6.07, 6.45) is 0. The van der Waals surface area contributed by atoms with Crippen LogP contribution in [0.3, 0.4) is 0 Å². The van der Waals surface area contributed by atoms with E-state index in [1.54, 1.807) is 0 Å². The fourth-order valence-corrected chi connectivity index (χ4v) is 1.47. The zero-order valence-corrected chi connectivity index (χ0v) is 8.55. The Hall–Kier alpha value is -1.75.